The largest absolute Gasteiger partial charge is 0.391 e. The molecule has 4 heteroatoms. The number of carbonyl (C=O) groups is 1. The predicted octanol–water partition coefficient (Wildman–Crippen LogP) is 1.55. The quantitative estimate of drug-likeness (QED) is 0.772. The Balaban J connectivity index is 2.24. The maximum atomic E-state index is 11.5. The minimum atomic E-state index is -0.341. The third-order valence-electron chi connectivity index (χ3n) is 2.62. The number of thioether (sulfide) groups is 1. The van der Waals surface area contributed by atoms with Gasteiger partial charge in [-0.1, -0.05) is 26.7 Å². The lowest BCUT2D eigenvalue weighted by atomic mass is 9.93. The van der Waals surface area contributed by atoms with Gasteiger partial charge in [0.15, 0.2) is 0 Å². The number of aliphatic hydroxyl groups is 1. The standard InChI is InChI=1S/C11H21NO2S/c1-8(2)15-7-11(14)12-9-5-3-4-6-10(9)13/h8-10,13H,3-7H2,1-2H3,(H,12,14)/t9-,10-/m0/s1. The molecule has 0 spiro atoms. The van der Waals surface area contributed by atoms with E-state index in [0.717, 1.165) is 25.7 Å². The van der Waals surface area contributed by atoms with Gasteiger partial charge in [-0.2, -0.15) is 0 Å². The highest BCUT2D eigenvalue weighted by Crippen LogP contribution is 2.18. The second kappa shape index (κ2) is 6.38. The second-order valence-electron chi connectivity index (χ2n) is 4.39. The van der Waals surface area contributed by atoms with Crippen molar-refractivity contribution in [1.82, 2.24) is 5.32 Å². The lowest BCUT2D eigenvalue weighted by Gasteiger charge is -2.28. The first-order chi connectivity index (χ1) is 7.09. The van der Waals surface area contributed by atoms with Crippen LogP contribution in [-0.2, 0) is 4.79 Å². The Morgan fingerprint density at radius 3 is 2.73 bits per heavy atom. The fraction of sp³-hybridized carbons (Fsp3) is 0.909. The molecular formula is C11H21NO2S. The van der Waals surface area contributed by atoms with Crippen LogP contribution in [0.2, 0.25) is 0 Å². The van der Waals surface area contributed by atoms with E-state index in [-0.39, 0.29) is 18.1 Å². The molecular weight excluding hydrogens is 210 g/mol. The van der Waals surface area contributed by atoms with Crippen LogP contribution in [0.15, 0.2) is 0 Å². The van der Waals surface area contributed by atoms with Gasteiger partial charge < -0.3 is 10.4 Å². The lowest BCUT2D eigenvalue weighted by Crippen LogP contribution is -2.45. The molecule has 0 heterocycles. The number of rotatable bonds is 4. The summed E-state index contributed by atoms with van der Waals surface area (Å²) in [5.41, 5.74) is 0. The fourth-order valence-electron chi connectivity index (χ4n) is 1.77. The average molecular weight is 231 g/mol. The molecule has 1 rings (SSSR count). The van der Waals surface area contributed by atoms with Gasteiger partial charge in [0.2, 0.25) is 5.91 Å². The van der Waals surface area contributed by atoms with Crippen molar-refractivity contribution in [3.8, 4) is 0 Å². The van der Waals surface area contributed by atoms with E-state index in [9.17, 15) is 9.90 Å². The summed E-state index contributed by atoms with van der Waals surface area (Å²) >= 11 is 1.64. The van der Waals surface area contributed by atoms with Crippen molar-refractivity contribution in [2.45, 2.75) is 56.9 Å². The molecule has 0 aromatic carbocycles. The molecule has 0 aromatic rings. The summed E-state index contributed by atoms with van der Waals surface area (Å²) < 4.78 is 0. The van der Waals surface area contributed by atoms with Gasteiger partial charge in [-0.25, -0.2) is 0 Å². The van der Waals surface area contributed by atoms with E-state index in [2.05, 4.69) is 19.2 Å². The van der Waals surface area contributed by atoms with Crippen LogP contribution in [0.1, 0.15) is 39.5 Å². The van der Waals surface area contributed by atoms with Gasteiger partial charge in [-0.15, -0.1) is 11.8 Å². The van der Waals surface area contributed by atoms with Crippen LogP contribution in [0.3, 0.4) is 0 Å². The van der Waals surface area contributed by atoms with Gasteiger partial charge >= 0.3 is 0 Å². The molecule has 2 atom stereocenters. The summed E-state index contributed by atoms with van der Waals surface area (Å²) in [5, 5.41) is 13.1. The molecule has 15 heavy (non-hydrogen) atoms. The lowest BCUT2D eigenvalue weighted by molar-refractivity contribution is -0.120. The summed E-state index contributed by atoms with van der Waals surface area (Å²) in [6.45, 7) is 4.15. The molecule has 0 aromatic heterocycles. The zero-order valence-electron chi connectivity index (χ0n) is 9.53. The molecule has 1 amide bonds. The molecule has 0 bridgehead atoms. The minimum absolute atomic E-state index is 0.0148. The fourth-order valence-corrected chi connectivity index (χ4v) is 2.34. The molecule has 2 N–H and O–H groups in total. The third kappa shape index (κ3) is 4.89. The Hall–Kier alpha value is -0.220. The molecule has 0 saturated heterocycles. The van der Waals surface area contributed by atoms with E-state index in [0.29, 0.717) is 11.0 Å². The molecule has 1 aliphatic carbocycles. The van der Waals surface area contributed by atoms with Crippen LogP contribution in [0.5, 0.6) is 0 Å². The number of nitrogens with one attached hydrogen (secondary N) is 1. The molecule has 0 unspecified atom stereocenters. The number of carbonyl (C=O) groups excluding carboxylic acids is 1. The highest BCUT2D eigenvalue weighted by Gasteiger charge is 2.24. The van der Waals surface area contributed by atoms with E-state index >= 15 is 0 Å². The molecule has 1 aliphatic rings. The highest BCUT2D eigenvalue weighted by atomic mass is 32.2. The topological polar surface area (TPSA) is 49.3 Å². The Bertz CT molecular complexity index is 209. The number of aliphatic hydroxyl groups excluding tert-OH is 1. The molecule has 0 aliphatic heterocycles. The van der Waals surface area contributed by atoms with Crippen molar-refractivity contribution in [2.24, 2.45) is 0 Å². The van der Waals surface area contributed by atoms with Crippen molar-refractivity contribution in [2.75, 3.05) is 5.75 Å². The van der Waals surface area contributed by atoms with E-state index in [1.165, 1.54) is 0 Å². The van der Waals surface area contributed by atoms with Crippen LogP contribution in [-0.4, -0.2) is 34.2 Å². The normalized spacial score (nSPS) is 26.7. The summed E-state index contributed by atoms with van der Waals surface area (Å²) in [6, 6.07) is -0.0148. The van der Waals surface area contributed by atoms with E-state index in [4.69, 9.17) is 0 Å². The number of hydrogen-bond acceptors (Lipinski definition) is 3. The van der Waals surface area contributed by atoms with E-state index < -0.39 is 0 Å². The summed E-state index contributed by atoms with van der Waals surface area (Å²) in [6.07, 6.45) is 3.58. The monoisotopic (exact) mass is 231 g/mol. The van der Waals surface area contributed by atoms with Gasteiger partial charge in [-0.05, 0) is 18.1 Å². The van der Waals surface area contributed by atoms with Crippen LogP contribution >= 0.6 is 11.8 Å². The van der Waals surface area contributed by atoms with Crippen LogP contribution in [0.4, 0.5) is 0 Å². The van der Waals surface area contributed by atoms with Gasteiger partial charge in [0.05, 0.1) is 17.9 Å². The zero-order valence-corrected chi connectivity index (χ0v) is 10.3. The zero-order chi connectivity index (χ0) is 11.3. The van der Waals surface area contributed by atoms with Gasteiger partial charge in [0.25, 0.3) is 0 Å². The maximum Gasteiger partial charge on any atom is 0.230 e. The maximum absolute atomic E-state index is 11.5. The van der Waals surface area contributed by atoms with Crippen molar-refractivity contribution in [3.05, 3.63) is 0 Å². The van der Waals surface area contributed by atoms with Crippen LogP contribution in [0.25, 0.3) is 0 Å². The molecule has 0 radical (unpaired) electrons. The number of amides is 1. The predicted molar refractivity (Wildman–Crippen MR) is 64.0 cm³/mol. The third-order valence-corrected chi connectivity index (χ3v) is 3.72. The van der Waals surface area contributed by atoms with Crippen molar-refractivity contribution in [1.29, 1.82) is 0 Å². The van der Waals surface area contributed by atoms with Crippen molar-refractivity contribution in [3.63, 3.8) is 0 Å². The van der Waals surface area contributed by atoms with Crippen molar-refractivity contribution >= 4 is 17.7 Å². The summed E-state index contributed by atoms with van der Waals surface area (Å²) in [4.78, 5) is 11.5. The first-order valence-corrected chi connectivity index (χ1v) is 6.73. The second-order valence-corrected chi connectivity index (χ2v) is 5.95. The summed E-state index contributed by atoms with van der Waals surface area (Å²) in [7, 11) is 0. The van der Waals surface area contributed by atoms with Crippen molar-refractivity contribution < 1.29 is 9.90 Å². The molecule has 3 nitrogen and oxygen atoms in total. The Labute approximate surface area is 96.0 Å². The Morgan fingerprint density at radius 1 is 1.47 bits per heavy atom. The van der Waals surface area contributed by atoms with E-state index in [1.54, 1.807) is 11.8 Å². The Morgan fingerprint density at radius 2 is 2.13 bits per heavy atom. The first kappa shape index (κ1) is 12.8. The smallest absolute Gasteiger partial charge is 0.230 e. The SMILES string of the molecule is CC(C)SCC(=O)N[C@H]1CCCC[C@@H]1O. The molecule has 1 fully saturated rings. The van der Waals surface area contributed by atoms with Gasteiger partial charge in [0.1, 0.15) is 0 Å². The first-order valence-electron chi connectivity index (χ1n) is 5.68. The van der Waals surface area contributed by atoms with Gasteiger partial charge in [0, 0.05) is 0 Å². The molecule has 1 saturated carbocycles. The highest BCUT2D eigenvalue weighted by molar-refractivity contribution is 8.00. The van der Waals surface area contributed by atoms with Gasteiger partial charge in [-0.3, -0.25) is 4.79 Å². The molecule has 88 valence electrons. The van der Waals surface area contributed by atoms with E-state index in [1.807, 2.05) is 0 Å². The Kier molecular flexibility index (Phi) is 5.47. The number of hydrogen-bond donors (Lipinski definition) is 2. The van der Waals surface area contributed by atoms with Crippen LogP contribution in [0, 0.1) is 0 Å². The van der Waals surface area contributed by atoms with Crippen LogP contribution < -0.4 is 5.32 Å². The minimum Gasteiger partial charge on any atom is -0.391 e. The average Bonchev–Trinajstić information content (AvgIpc) is 2.18. The summed E-state index contributed by atoms with van der Waals surface area (Å²) in [5.74, 6) is 0.556.